The molecular weight excluding hydrogens is 196 g/mol. The van der Waals surface area contributed by atoms with Crippen molar-refractivity contribution in [1.82, 2.24) is 10.0 Å². The van der Waals surface area contributed by atoms with E-state index in [1.54, 1.807) is 0 Å². The van der Waals surface area contributed by atoms with E-state index in [9.17, 15) is 19.4 Å². The number of primary amides is 2. The number of nitrogens with two attached hydrogens (primary N) is 2. The maximum absolute atomic E-state index is 10.5. The van der Waals surface area contributed by atoms with E-state index in [0.29, 0.717) is 0 Å². The second kappa shape index (κ2) is 4.69. The van der Waals surface area contributed by atoms with Gasteiger partial charge in [-0.05, 0) is 6.92 Å². The SMILES string of the molecule is CC(N(N=O)C(N)=O)N(N=O)C(N)=O. The Morgan fingerprint density at radius 2 is 1.36 bits per heavy atom. The van der Waals surface area contributed by atoms with E-state index < -0.39 is 18.2 Å². The molecule has 0 fully saturated rings. The van der Waals surface area contributed by atoms with Crippen molar-refractivity contribution >= 4 is 12.1 Å². The Bertz CT molecular complexity index is 241. The van der Waals surface area contributed by atoms with E-state index in [1.165, 1.54) is 0 Å². The topological polar surface area (TPSA) is 152 Å². The number of hydrogen-bond acceptors (Lipinski definition) is 6. The van der Waals surface area contributed by atoms with Gasteiger partial charge in [0.15, 0.2) is 6.17 Å². The van der Waals surface area contributed by atoms with E-state index in [2.05, 4.69) is 10.6 Å². The lowest BCUT2D eigenvalue weighted by Gasteiger charge is -2.23. The Balaban J connectivity index is 4.78. The third kappa shape index (κ3) is 2.36. The monoisotopic (exact) mass is 204 g/mol. The fourth-order valence-electron chi connectivity index (χ4n) is 0.689. The molecule has 0 saturated heterocycles. The molecule has 0 aliphatic rings. The van der Waals surface area contributed by atoms with Gasteiger partial charge in [-0.25, -0.2) is 9.59 Å². The predicted octanol–water partition coefficient (Wildman–Crippen LogP) is -0.543. The number of nitroso groups, excluding NO2 is 2. The molecule has 14 heavy (non-hydrogen) atoms. The molecule has 4 N–H and O–H groups in total. The maximum atomic E-state index is 10.5. The molecule has 0 radical (unpaired) electrons. The number of amides is 4. The highest BCUT2D eigenvalue weighted by atomic mass is 16.3. The number of rotatable bonds is 4. The van der Waals surface area contributed by atoms with E-state index in [-0.39, 0.29) is 10.0 Å². The number of urea groups is 2. The minimum Gasteiger partial charge on any atom is -0.350 e. The summed E-state index contributed by atoms with van der Waals surface area (Å²) in [4.78, 5) is 41.3. The smallest absolute Gasteiger partial charge is 0.339 e. The molecule has 10 nitrogen and oxygen atoms in total. The predicted molar refractivity (Wildman–Crippen MR) is 43.9 cm³/mol. The van der Waals surface area contributed by atoms with Gasteiger partial charge in [0.1, 0.15) is 0 Å². The van der Waals surface area contributed by atoms with Crippen LogP contribution in [0, 0.1) is 9.81 Å². The second-order valence-electron chi connectivity index (χ2n) is 2.16. The average molecular weight is 204 g/mol. The molecule has 0 aromatic heterocycles. The lowest BCUT2D eigenvalue weighted by Crippen LogP contribution is -2.49. The van der Waals surface area contributed by atoms with Gasteiger partial charge in [-0.2, -0.15) is 10.0 Å². The van der Waals surface area contributed by atoms with Gasteiger partial charge < -0.3 is 11.5 Å². The highest BCUT2D eigenvalue weighted by molar-refractivity contribution is 5.74. The van der Waals surface area contributed by atoms with Crippen LogP contribution >= 0.6 is 0 Å². The molecule has 0 bridgehead atoms. The Labute approximate surface area is 77.7 Å². The zero-order chi connectivity index (χ0) is 11.3. The van der Waals surface area contributed by atoms with Gasteiger partial charge in [-0.1, -0.05) is 0 Å². The first-order valence-corrected chi connectivity index (χ1v) is 3.29. The van der Waals surface area contributed by atoms with Crippen LogP contribution in [0.15, 0.2) is 10.6 Å². The Kier molecular flexibility index (Phi) is 3.93. The molecule has 0 heterocycles. The van der Waals surface area contributed by atoms with Crippen LogP contribution in [0.4, 0.5) is 9.59 Å². The summed E-state index contributed by atoms with van der Waals surface area (Å²) < 4.78 is 0. The summed E-state index contributed by atoms with van der Waals surface area (Å²) in [5.74, 6) is 0. The quantitative estimate of drug-likeness (QED) is 0.358. The van der Waals surface area contributed by atoms with Crippen molar-refractivity contribution in [3.8, 4) is 0 Å². The summed E-state index contributed by atoms with van der Waals surface area (Å²) in [5.41, 5.74) is 9.42. The third-order valence-electron chi connectivity index (χ3n) is 1.34. The van der Waals surface area contributed by atoms with Gasteiger partial charge in [0.25, 0.3) is 0 Å². The van der Waals surface area contributed by atoms with Gasteiger partial charge in [0.05, 0.1) is 10.6 Å². The standard InChI is InChI=1S/C4H8N6O4/c1-2(9(7-13)3(5)11)10(8-14)4(6)12/h2H,1H3,(H2,5,11)(H2,6,12). The number of nitrogens with zero attached hydrogens (tertiary/aromatic N) is 4. The van der Waals surface area contributed by atoms with Gasteiger partial charge in [0, 0.05) is 0 Å². The Morgan fingerprint density at radius 3 is 1.50 bits per heavy atom. The van der Waals surface area contributed by atoms with Crippen molar-refractivity contribution in [2.45, 2.75) is 13.1 Å². The normalized spacial score (nSPS) is 9.29. The van der Waals surface area contributed by atoms with Crippen molar-refractivity contribution < 1.29 is 9.59 Å². The molecule has 0 aromatic carbocycles. The summed E-state index contributed by atoms with van der Waals surface area (Å²) >= 11 is 0. The van der Waals surface area contributed by atoms with Crippen molar-refractivity contribution in [1.29, 1.82) is 0 Å². The summed E-state index contributed by atoms with van der Waals surface area (Å²) in [5, 5.41) is 4.69. The van der Waals surface area contributed by atoms with Crippen LogP contribution in [0.25, 0.3) is 0 Å². The van der Waals surface area contributed by atoms with Crippen molar-refractivity contribution in [2.75, 3.05) is 0 Å². The molecule has 0 spiro atoms. The first-order chi connectivity index (χ1) is 6.45. The van der Waals surface area contributed by atoms with Crippen LogP contribution in [-0.4, -0.2) is 28.2 Å². The van der Waals surface area contributed by atoms with Gasteiger partial charge >= 0.3 is 12.1 Å². The van der Waals surface area contributed by atoms with Crippen LogP contribution in [0.1, 0.15) is 6.92 Å². The van der Waals surface area contributed by atoms with Gasteiger partial charge in [-0.15, -0.1) is 9.81 Å². The summed E-state index contributed by atoms with van der Waals surface area (Å²) in [7, 11) is 0. The van der Waals surface area contributed by atoms with Gasteiger partial charge in [-0.3, -0.25) is 0 Å². The molecule has 0 atom stereocenters. The zero-order valence-corrected chi connectivity index (χ0v) is 7.15. The molecule has 0 saturated carbocycles. The molecule has 0 aromatic rings. The van der Waals surface area contributed by atoms with Gasteiger partial charge in [0.2, 0.25) is 0 Å². The summed E-state index contributed by atoms with van der Waals surface area (Å²) in [6.07, 6.45) is -1.36. The highest BCUT2D eigenvalue weighted by Gasteiger charge is 2.28. The first kappa shape index (κ1) is 11.7. The average Bonchev–Trinajstić information content (AvgIpc) is 2.04. The van der Waals surface area contributed by atoms with E-state index in [0.717, 1.165) is 6.92 Å². The second-order valence-corrected chi connectivity index (χ2v) is 2.16. The van der Waals surface area contributed by atoms with Crippen LogP contribution in [-0.2, 0) is 0 Å². The van der Waals surface area contributed by atoms with Crippen molar-refractivity contribution in [3.05, 3.63) is 9.81 Å². The zero-order valence-electron chi connectivity index (χ0n) is 7.15. The van der Waals surface area contributed by atoms with Crippen molar-refractivity contribution in [2.24, 2.45) is 22.0 Å². The van der Waals surface area contributed by atoms with E-state index >= 15 is 0 Å². The van der Waals surface area contributed by atoms with Crippen LogP contribution < -0.4 is 11.5 Å². The lowest BCUT2D eigenvalue weighted by molar-refractivity contribution is 0.105. The molecule has 0 aliphatic heterocycles. The molecule has 0 aliphatic carbocycles. The number of hydrogen-bond donors (Lipinski definition) is 2. The molecule has 0 unspecified atom stereocenters. The first-order valence-electron chi connectivity index (χ1n) is 3.29. The summed E-state index contributed by atoms with van der Waals surface area (Å²) in [6.45, 7) is 1.12. The summed E-state index contributed by atoms with van der Waals surface area (Å²) in [6, 6.07) is -2.47. The number of carbonyl (C=O) groups excluding carboxylic acids is 2. The maximum Gasteiger partial charge on any atom is 0.339 e. The fraction of sp³-hybridized carbons (Fsp3) is 0.500. The van der Waals surface area contributed by atoms with E-state index in [1.807, 2.05) is 0 Å². The molecule has 4 amide bonds. The Morgan fingerprint density at radius 1 is 1.07 bits per heavy atom. The highest BCUT2D eigenvalue weighted by Crippen LogP contribution is 2.06. The molecule has 10 heteroatoms. The largest absolute Gasteiger partial charge is 0.350 e. The van der Waals surface area contributed by atoms with Crippen LogP contribution in [0.2, 0.25) is 0 Å². The molecule has 0 rings (SSSR count). The van der Waals surface area contributed by atoms with Crippen LogP contribution in [0.5, 0.6) is 0 Å². The molecular formula is C4H8N6O4. The lowest BCUT2D eigenvalue weighted by atomic mass is 10.5. The fourth-order valence-corrected chi connectivity index (χ4v) is 0.689. The third-order valence-corrected chi connectivity index (χ3v) is 1.34. The number of carbonyl (C=O) groups is 2. The van der Waals surface area contributed by atoms with E-state index in [4.69, 9.17) is 11.5 Å². The minimum absolute atomic E-state index is 0.145. The minimum atomic E-state index is -1.36. The Hall–Kier alpha value is -2.26. The van der Waals surface area contributed by atoms with Crippen LogP contribution in [0.3, 0.4) is 0 Å². The molecule has 78 valence electrons. The van der Waals surface area contributed by atoms with Crippen molar-refractivity contribution in [3.63, 3.8) is 0 Å².